The quantitative estimate of drug-likeness (QED) is 0.168. The van der Waals surface area contributed by atoms with Gasteiger partial charge in [-0.25, -0.2) is 8.42 Å². The number of nitrogens with zero attached hydrogens (tertiary/aromatic N) is 3. The van der Waals surface area contributed by atoms with Gasteiger partial charge in [-0.2, -0.15) is 0 Å². The second kappa shape index (κ2) is 14.9. The van der Waals surface area contributed by atoms with Crippen LogP contribution >= 0.6 is 0 Å². The average Bonchev–Trinajstić information content (AvgIpc) is 3.15. The number of rotatable bonds is 13. The van der Waals surface area contributed by atoms with Crippen LogP contribution in [0.1, 0.15) is 57.9 Å². The molecule has 1 fully saturated rings. The molecule has 2 aromatic carbocycles. The monoisotopic (exact) mass is 573 g/mol. The molecule has 0 bridgehead atoms. The summed E-state index contributed by atoms with van der Waals surface area (Å²) in [7, 11) is -1.77. The van der Waals surface area contributed by atoms with E-state index in [1.807, 2.05) is 0 Å². The molecule has 0 spiro atoms. The van der Waals surface area contributed by atoms with Crippen LogP contribution in [0.25, 0.3) is 5.70 Å². The van der Waals surface area contributed by atoms with E-state index in [0.717, 1.165) is 32.4 Å². The van der Waals surface area contributed by atoms with Crippen molar-refractivity contribution < 1.29 is 17.7 Å². The summed E-state index contributed by atoms with van der Waals surface area (Å²) in [4.78, 5) is 9.62. The SMILES string of the molecule is C=Nc1ccc([S+](C)[O-])cc1/C(=C(\C)S(=O)(=O)c1ccc(OCCCCCCC)cc1)N1CCCN(C)CC1. The predicted molar refractivity (Wildman–Crippen MR) is 162 cm³/mol. The summed E-state index contributed by atoms with van der Waals surface area (Å²) in [5.74, 6) is 0.665. The Hall–Kier alpha value is -2.33. The third-order valence-electron chi connectivity index (χ3n) is 7.15. The second-order valence-electron chi connectivity index (χ2n) is 10.1. The molecule has 1 unspecified atom stereocenters. The van der Waals surface area contributed by atoms with Crippen molar-refractivity contribution in [1.82, 2.24) is 9.80 Å². The van der Waals surface area contributed by atoms with Crippen LogP contribution in [0.3, 0.4) is 0 Å². The summed E-state index contributed by atoms with van der Waals surface area (Å²) >= 11 is -1.23. The van der Waals surface area contributed by atoms with E-state index in [4.69, 9.17) is 4.74 Å². The average molecular weight is 574 g/mol. The molecule has 1 saturated heterocycles. The molecule has 3 rings (SSSR count). The standard InChI is InChI=1S/C30H43N3O4S2/c1-6-7-8-9-10-22-37-25-12-15-27(16-13-25)39(35,36)24(2)30(33-19-11-18-32(4)20-21-33)28-23-26(38(5)34)14-17-29(28)31-3/h12-17,23H,3,6-11,18-22H2,1-2,4-5H3/b30-24-. The van der Waals surface area contributed by atoms with Crippen LogP contribution in [-0.4, -0.2) is 75.6 Å². The molecular weight excluding hydrogens is 530 g/mol. The third kappa shape index (κ3) is 8.33. The Labute approximate surface area is 238 Å². The molecular formula is C30H43N3O4S2. The fourth-order valence-electron chi connectivity index (χ4n) is 4.79. The molecule has 1 aliphatic heterocycles. The number of sulfone groups is 1. The molecule has 2 aromatic rings. The Bertz CT molecular complexity index is 1230. The van der Waals surface area contributed by atoms with Gasteiger partial charge >= 0.3 is 0 Å². The van der Waals surface area contributed by atoms with Crippen molar-refractivity contribution in [3.05, 3.63) is 52.9 Å². The lowest BCUT2D eigenvalue weighted by Crippen LogP contribution is -2.29. The number of aliphatic imine (C=N–C) groups is 1. The van der Waals surface area contributed by atoms with Crippen molar-refractivity contribution >= 4 is 39.1 Å². The van der Waals surface area contributed by atoms with Gasteiger partial charge in [0.1, 0.15) is 12.0 Å². The summed E-state index contributed by atoms with van der Waals surface area (Å²) in [5.41, 5.74) is 1.78. The Kier molecular flexibility index (Phi) is 11.9. The number of benzene rings is 2. The fourth-order valence-corrected chi connectivity index (χ4v) is 6.67. The van der Waals surface area contributed by atoms with E-state index < -0.39 is 21.0 Å². The minimum Gasteiger partial charge on any atom is -0.612 e. The summed E-state index contributed by atoms with van der Waals surface area (Å²) in [6.07, 6.45) is 8.28. The first-order chi connectivity index (χ1) is 18.7. The largest absolute Gasteiger partial charge is 0.612 e. The zero-order chi connectivity index (χ0) is 28.4. The number of hydrogen-bond donors (Lipinski definition) is 0. The van der Waals surface area contributed by atoms with E-state index in [9.17, 15) is 13.0 Å². The van der Waals surface area contributed by atoms with Gasteiger partial charge in [0, 0.05) is 31.3 Å². The van der Waals surface area contributed by atoms with Gasteiger partial charge in [0.05, 0.1) is 27.8 Å². The van der Waals surface area contributed by atoms with Crippen molar-refractivity contribution in [1.29, 1.82) is 0 Å². The van der Waals surface area contributed by atoms with Crippen LogP contribution in [0.5, 0.6) is 5.75 Å². The molecule has 1 heterocycles. The Morgan fingerprint density at radius 2 is 1.77 bits per heavy atom. The molecule has 1 atom stereocenters. The minimum atomic E-state index is -3.84. The first-order valence-electron chi connectivity index (χ1n) is 13.8. The number of likely N-dealkylation sites (N-methyl/N-ethyl adjacent to an activating group) is 1. The molecule has 0 radical (unpaired) electrons. The van der Waals surface area contributed by atoms with E-state index in [1.54, 1.807) is 55.6 Å². The van der Waals surface area contributed by atoms with Crippen molar-refractivity contribution in [2.45, 2.75) is 62.2 Å². The fraction of sp³-hybridized carbons (Fsp3) is 0.500. The lowest BCUT2D eigenvalue weighted by atomic mass is 10.1. The van der Waals surface area contributed by atoms with E-state index in [-0.39, 0.29) is 9.80 Å². The zero-order valence-corrected chi connectivity index (χ0v) is 25.5. The summed E-state index contributed by atoms with van der Waals surface area (Å²) in [6, 6.07) is 12.0. The van der Waals surface area contributed by atoms with Gasteiger partial charge in [-0.05, 0) is 87.6 Å². The molecule has 0 aromatic heterocycles. The lowest BCUT2D eigenvalue weighted by molar-refractivity contribution is 0.304. The minimum absolute atomic E-state index is 0.211. The smallest absolute Gasteiger partial charge is 0.204 e. The molecule has 7 nitrogen and oxygen atoms in total. The number of hydrogen-bond acceptors (Lipinski definition) is 7. The summed E-state index contributed by atoms with van der Waals surface area (Å²) in [6.45, 7) is 11.3. The highest BCUT2D eigenvalue weighted by atomic mass is 32.2. The second-order valence-corrected chi connectivity index (χ2v) is 13.5. The molecule has 0 amide bonds. The van der Waals surface area contributed by atoms with E-state index in [0.29, 0.717) is 47.3 Å². The van der Waals surface area contributed by atoms with Gasteiger partial charge in [0.2, 0.25) is 9.84 Å². The highest BCUT2D eigenvalue weighted by molar-refractivity contribution is 7.95. The zero-order valence-electron chi connectivity index (χ0n) is 23.8. The van der Waals surface area contributed by atoms with Crippen molar-refractivity contribution in [3.63, 3.8) is 0 Å². The summed E-state index contributed by atoms with van der Waals surface area (Å²) < 4.78 is 46.2. The van der Waals surface area contributed by atoms with Crippen LogP contribution in [0.15, 0.2) is 62.2 Å². The lowest BCUT2D eigenvalue weighted by Gasteiger charge is -2.29. The van der Waals surface area contributed by atoms with Crippen LogP contribution in [0.2, 0.25) is 0 Å². The maximum atomic E-state index is 14.0. The van der Waals surface area contributed by atoms with Gasteiger partial charge in [-0.3, -0.25) is 4.99 Å². The van der Waals surface area contributed by atoms with E-state index in [2.05, 4.69) is 35.5 Å². The Morgan fingerprint density at radius 3 is 2.44 bits per heavy atom. The predicted octanol–water partition coefficient (Wildman–Crippen LogP) is 5.91. The molecule has 1 aliphatic rings. The van der Waals surface area contributed by atoms with E-state index in [1.165, 1.54) is 19.3 Å². The van der Waals surface area contributed by atoms with Crippen LogP contribution in [0, 0.1) is 0 Å². The number of unbranched alkanes of at least 4 members (excludes halogenated alkanes) is 4. The van der Waals surface area contributed by atoms with Gasteiger partial charge < -0.3 is 19.1 Å². The first-order valence-corrected chi connectivity index (χ1v) is 16.8. The Balaban J connectivity index is 1.99. The van der Waals surface area contributed by atoms with Gasteiger partial charge in [-0.1, -0.05) is 32.6 Å². The molecule has 0 saturated carbocycles. The van der Waals surface area contributed by atoms with Crippen molar-refractivity contribution in [2.75, 3.05) is 46.1 Å². The Morgan fingerprint density at radius 1 is 1.05 bits per heavy atom. The van der Waals surface area contributed by atoms with Gasteiger partial charge in [0.15, 0.2) is 4.90 Å². The summed E-state index contributed by atoms with van der Waals surface area (Å²) in [5, 5.41) is 0. The van der Waals surface area contributed by atoms with Crippen LogP contribution in [0.4, 0.5) is 5.69 Å². The van der Waals surface area contributed by atoms with Crippen LogP contribution in [-0.2, 0) is 21.0 Å². The molecule has 0 N–H and O–H groups in total. The van der Waals surface area contributed by atoms with Crippen molar-refractivity contribution in [2.24, 2.45) is 4.99 Å². The number of allylic oxidation sites excluding steroid dienone is 1. The highest BCUT2D eigenvalue weighted by Gasteiger charge is 2.28. The van der Waals surface area contributed by atoms with Gasteiger partial charge in [-0.15, -0.1) is 0 Å². The normalized spacial score (nSPS) is 16.4. The third-order valence-corrected chi connectivity index (χ3v) is 9.96. The van der Waals surface area contributed by atoms with Crippen LogP contribution < -0.4 is 4.74 Å². The topological polar surface area (TPSA) is 85.3 Å². The maximum Gasteiger partial charge on any atom is 0.204 e. The maximum absolute atomic E-state index is 14.0. The number of ether oxygens (including phenoxy) is 1. The highest BCUT2D eigenvalue weighted by Crippen LogP contribution is 2.37. The van der Waals surface area contributed by atoms with E-state index >= 15 is 0 Å². The molecule has 9 heteroatoms. The van der Waals surface area contributed by atoms with Gasteiger partial charge in [0.25, 0.3) is 0 Å². The van der Waals surface area contributed by atoms with Crippen molar-refractivity contribution in [3.8, 4) is 5.75 Å². The first kappa shape index (κ1) is 31.2. The molecule has 214 valence electrons. The molecule has 0 aliphatic carbocycles. The molecule has 39 heavy (non-hydrogen) atoms.